The maximum atomic E-state index is 10.5. The number of fused-ring (bicyclic) bond motifs is 3. The molecule has 2 heterocycles. The van der Waals surface area contributed by atoms with Crippen molar-refractivity contribution in [3.8, 4) is 6.01 Å². The molecule has 0 saturated carbocycles. The van der Waals surface area contributed by atoms with E-state index in [1.54, 1.807) is 6.07 Å². The van der Waals surface area contributed by atoms with Crippen LogP contribution in [0, 0.1) is 0 Å². The van der Waals surface area contributed by atoms with E-state index in [-0.39, 0.29) is 6.01 Å². The summed E-state index contributed by atoms with van der Waals surface area (Å²) in [5, 5.41) is 9.32. The summed E-state index contributed by atoms with van der Waals surface area (Å²) in [5.41, 5.74) is 8.41. The molecule has 0 atom stereocenters. The quantitative estimate of drug-likeness (QED) is 0.468. The lowest BCUT2D eigenvalue weighted by atomic mass is 10.2. The molecule has 19 heavy (non-hydrogen) atoms. The van der Waals surface area contributed by atoms with E-state index in [2.05, 4.69) is 35.6 Å². The van der Waals surface area contributed by atoms with Crippen LogP contribution in [0.5, 0.6) is 6.01 Å². The maximum absolute atomic E-state index is 10.5. The van der Waals surface area contributed by atoms with Crippen LogP contribution >= 0.6 is 15.9 Å². The fourth-order valence-electron chi connectivity index (χ4n) is 1.85. The van der Waals surface area contributed by atoms with Gasteiger partial charge in [-0.2, -0.15) is 4.98 Å². The lowest BCUT2D eigenvalue weighted by Crippen LogP contribution is -2.05. The molecule has 0 spiro atoms. The fourth-order valence-corrected chi connectivity index (χ4v) is 2.38. The van der Waals surface area contributed by atoms with E-state index in [1.165, 1.54) is 6.20 Å². The van der Waals surface area contributed by atoms with Crippen LogP contribution in [0.25, 0.3) is 21.9 Å². The Kier molecular flexibility index (Phi) is 2.53. The lowest BCUT2D eigenvalue weighted by Gasteiger charge is -2.00. The number of rotatable bonds is 1. The van der Waals surface area contributed by atoms with Gasteiger partial charge in [-0.05, 0) is 28.1 Å². The Bertz CT molecular complexity index is 814. The number of halogens is 1. The number of nitrogens with zero attached hydrogens (tertiary/aromatic N) is 2. The van der Waals surface area contributed by atoms with Crippen molar-refractivity contribution in [1.82, 2.24) is 15.0 Å². The van der Waals surface area contributed by atoms with Crippen LogP contribution in [0.2, 0.25) is 0 Å². The van der Waals surface area contributed by atoms with Crippen LogP contribution in [0.3, 0.4) is 0 Å². The van der Waals surface area contributed by atoms with Gasteiger partial charge >= 0.3 is 12.2 Å². The van der Waals surface area contributed by atoms with Crippen LogP contribution in [0.4, 0.5) is 10.5 Å². The van der Waals surface area contributed by atoms with Gasteiger partial charge in [0.25, 0.3) is 0 Å². The Balaban J connectivity index is 2.33. The Morgan fingerprint density at radius 2 is 2.21 bits per heavy atom. The number of nitrogens with one attached hydrogen (secondary N) is 1. The van der Waals surface area contributed by atoms with Gasteiger partial charge in [0.1, 0.15) is 5.52 Å². The number of nitrogens with two attached hydrogens (primary N) is 1. The number of nitrogen functional groups attached to an aromatic ring is 1. The number of H-pyrrole nitrogens is 1. The summed E-state index contributed by atoms with van der Waals surface area (Å²) in [6, 6.07) is 3.34. The van der Waals surface area contributed by atoms with Gasteiger partial charge in [-0.1, -0.05) is 0 Å². The van der Waals surface area contributed by atoms with E-state index in [1.807, 2.05) is 6.07 Å². The topological polar surface area (TPSA) is 114 Å². The summed E-state index contributed by atoms with van der Waals surface area (Å²) in [6.07, 6.45) is 0.00115. The van der Waals surface area contributed by atoms with E-state index in [0.717, 1.165) is 10.9 Å². The van der Waals surface area contributed by atoms with Gasteiger partial charge in [-0.3, -0.25) is 0 Å². The molecule has 0 fully saturated rings. The number of benzene rings is 1. The monoisotopic (exact) mass is 322 g/mol. The Morgan fingerprint density at radius 3 is 2.95 bits per heavy atom. The summed E-state index contributed by atoms with van der Waals surface area (Å²) in [7, 11) is 0. The fraction of sp³-hybridized carbons (Fsp3) is 0. The zero-order valence-corrected chi connectivity index (χ0v) is 10.9. The summed E-state index contributed by atoms with van der Waals surface area (Å²) < 4.78 is 5.14. The number of anilines is 1. The molecule has 3 aromatic rings. The van der Waals surface area contributed by atoms with Crippen molar-refractivity contribution in [1.29, 1.82) is 0 Å². The first-order valence-electron chi connectivity index (χ1n) is 5.19. The molecule has 0 bridgehead atoms. The highest BCUT2D eigenvalue weighted by molar-refractivity contribution is 9.10. The maximum Gasteiger partial charge on any atom is 0.513 e. The SMILES string of the molecule is Nc1ccc2[nH]c3cnc(OC(=O)O)nc3c2c1Br. The highest BCUT2D eigenvalue weighted by atomic mass is 79.9. The number of ether oxygens (including phenoxy) is 1. The van der Waals surface area contributed by atoms with Gasteiger partial charge in [0, 0.05) is 16.6 Å². The van der Waals surface area contributed by atoms with Crippen molar-refractivity contribution >= 4 is 49.7 Å². The number of aromatic nitrogens is 3. The second-order valence-corrected chi connectivity index (χ2v) is 4.59. The molecule has 0 aliphatic carbocycles. The van der Waals surface area contributed by atoms with Crippen molar-refractivity contribution in [3.63, 3.8) is 0 Å². The van der Waals surface area contributed by atoms with Gasteiger partial charge in [0.05, 0.1) is 16.2 Å². The zero-order valence-electron chi connectivity index (χ0n) is 9.35. The number of hydrogen-bond acceptors (Lipinski definition) is 5. The van der Waals surface area contributed by atoms with Crippen LogP contribution in [0.15, 0.2) is 22.8 Å². The van der Waals surface area contributed by atoms with Crippen molar-refractivity contribution < 1.29 is 14.6 Å². The predicted octanol–water partition coefficient (Wildman–Crippen LogP) is 2.51. The van der Waals surface area contributed by atoms with E-state index >= 15 is 0 Å². The van der Waals surface area contributed by atoms with E-state index in [9.17, 15) is 4.79 Å². The summed E-state index contributed by atoms with van der Waals surface area (Å²) in [5.74, 6) is 0. The Hall–Kier alpha value is -2.35. The third-order valence-corrected chi connectivity index (χ3v) is 3.48. The highest BCUT2D eigenvalue weighted by Crippen LogP contribution is 2.34. The molecule has 8 heteroatoms. The zero-order chi connectivity index (χ0) is 13.6. The van der Waals surface area contributed by atoms with Crippen molar-refractivity contribution in [2.75, 3.05) is 5.73 Å². The normalized spacial score (nSPS) is 11.0. The van der Waals surface area contributed by atoms with Crippen LogP contribution in [-0.4, -0.2) is 26.2 Å². The average molecular weight is 323 g/mol. The summed E-state index contributed by atoms with van der Waals surface area (Å²) in [6.45, 7) is 0. The first kappa shape index (κ1) is 11.7. The van der Waals surface area contributed by atoms with Crippen LogP contribution in [0.1, 0.15) is 0 Å². The number of carbonyl (C=O) groups is 1. The molecule has 0 radical (unpaired) electrons. The van der Waals surface area contributed by atoms with Gasteiger partial charge in [-0.25, -0.2) is 9.78 Å². The first-order chi connectivity index (χ1) is 9.06. The van der Waals surface area contributed by atoms with Crippen molar-refractivity contribution in [3.05, 3.63) is 22.8 Å². The van der Waals surface area contributed by atoms with Crippen molar-refractivity contribution in [2.45, 2.75) is 0 Å². The molecule has 4 N–H and O–H groups in total. The summed E-state index contributed by atoms with van der Waals surface area (Å²) in [4.78, 5) is 21.5. The molecule has 2 aromatic heterocycles. The molecular weight excluding hydrogens is 316 g/mol. The summed E-state index contributed by atoms with van der Waals surface area (Å²) >= 11 is 3.39. The van der Waals surface area contributed by atoms with Crippen LogP contribution in [-0.2, 0) is 0 Å². The minimum absolute atomic E-state index is 0.227. The number of hydrogen-bond donors (Lipinski definition) is 3. The van der Waals surface area contributed by atoms with Gasteiger partial charge in [0.2, 0.25) is 0 Å². The first-order valence-corrected chi connectivity index (χ1v) is 5.99. The van der Waals surface area contributed by atoms with Crippen LogP contribution < -0.4 is 10.5 Å². The standard InChI is InChI=1S/C11H7BrN4O3/c12-8-4(13)1-2-5-7(8)9-6(15-5)3-14-10(16-9)19-11(17)18/h1-3,15H,13H2,(H,17,18). The van der Waals surface area contributed by atoms with E-state index in [4.69, 9.17) is 10.8 Å². The second kappa shape index (κ2) is 4.09. The molecule has 0 amide bonds. The molecule has 1 aromatic carbocycles. The number of carboxylic acid groups (broad SMARTS) is 1. The number of aromatic amines is 1. The minimum atomic E-state index is -1.46. The molecule has 0 aliphatic rings. The van der Waals surface area contributed by atoms with Gasteiger partial charge < -0.3 is 20.6 Å². The van der Waals surface area contributed by atoms with Gasteiger partial charge in [-0.15, -0.1) is 0 Å². The largest absolute Gasteiger partial charge is 0.513 e. The molecular formula is C11H7BrN4O3. The third kappa shape index (κ3) is 1.85. The predicted molar refractivity (Wildman–Crippen MR) is 72.2 cm³/mol. The Morgan fingerprint density at radius 1 is 1.42 bits per heavy atom. The molecule has 3 rings (SSSR count). The smallest absolute Gasteiger partial charge is 0.449 e. The third-order valence-electron chi connectivity index (χ3n) is 2.62. The van der Waals surface area contributed by atoms with E-state index < -0.39 is 6.16 Å². The minimum Gasteiger partial charge on any atom is -0.449 e. The highest BCUT2D eigenvalue weighted by Gasteiger charge is 2.13. The molecule has 96 valence electrons. The second-order valence-electron chi connectivity index (χ2n) is 3.80. The van der Waals surface area contributed by atoms with E-state index in [0.29, 0.717) is 21.2 Å². The Labute approximate surface area is 114 Å². The average Bonchev–Trinajstić information content (AvgIpc) is 2.71. The molecule has 7 nitrogen and oxygen atoms in total. The lowest BCUT2D eigenvalue weighted by molar-refractivity contribution is 0.140. The molecule has 0 saturated heterocycles. The van der Waals surface area contributed by atoms with Crippen molar-refractivity contribution in [2.24, 2.45) is 0 Å². The van der Waals surface area contributed by atoms with Gasteiger partial charge in [0.15, 0.2) is 0 Å². The molecule has 0 unspecified atom stereocenters. The molecule has 0 aliphatic heterocycles.